The molecule has 1 atom stereocenters. The lowest BCUT2D eigenvalue weighted by Crippen LogP contribution is -2.13. The Hall–Kier alpha value is -2.63. The van der Waals surface area contributed by atoms with Crippen LogP contribution in [-0.4, -0.2) is 18.2 Å². The minimum atomic E-state index is -0.533. The molecule has 1 aliphatic carbocycles. The third-order valence-electron chi connectivity index (χ3n) is 3.67. The van der Waals surface area contributed by atoms with Gasteiger partial charge in [0, 0.05) is 11.5 Å². The second-order valence-electron chi connectivity index (χ2n) is 4.83. The highest BCUT2D eigenvalue weighted by atomic mass is 19.1. The first-order valence-corrected chi connectivity index (χ1v) is 6.34. The number of carbonyl (C=O) groups excluding carboxylic acids is 1. The van der Waals surface area contributed by atoms with E-state index in [2.05, 4.69) is 5.16 Å². The Morgan fingerprint density at radius 2 is 2.24 bits per heavy atom. The molecule has 21 heavy (non-hydrogen) atoms. The van der Waals surface area contributed by atoms with Crippen LogP contribution in [0.5, 0.6) is 0 Å². The molecule has 0 radical (unpaired) electrons. The van der Waals surface area contributed by atoms with Crippen molar-refractivity contribution in [3.05, 3.63) is 52.5 Å². The van der Waals surface area contributed by atoms with Gasteiger partial charge in [0.25, 0.3) is 0 Å². The number of aromatic nitrogens is 1. The van der Waals surface area contributed by atoms with Gasteiger partial charge in [-0.2, -0.15) is 0 Å². The van der Waals surface area contributed by atoms with Crippen molar-refractivity contribution in [2.75, 3.05) is 12.8 Å². The van der Waals surface area contributed by atoms with Gasteiger partial charge in [0.15, 0.2) is 11.6 Å². The first-order valence-electron chi connectivity index (χ1n) is 6.34. The number of halogens is 1. The number of hydrogen-bond acceptors (Lipinski definition) is 5. The van der Waals surface area contributed by atoms with Gasteiger partial charge in [-0.15, -0.1) is 0 Å². The van der Waals surface area contributed by atoms with Gasteiger partial charge >= 0.3 is 5.97 Å². The maximum Gasteiger partial charge on any atom is 0.335 e. The zero-order valence-electron chi connectivity index (χ0n) is 11.5. The molecule has 0 unspecified atom stereocenters. The number of esters is 1. The third-order valence-corrected chi connectivity index (χ3v) is 3.67. The van der Waals surface area contributed by atoms with E-state index in [1.54, 1.807) is 19.1 Å². The molecule has 0 saturated heterocycles. The van der Waals surface area contributed by atoms with Crippen LogP contribution in [0, 0.1) is 5.82 Å². The van der Waals surface area contributed by atoms with E-state index in [1.807, 2.05) is 0 Å². The number of methoxy groups -OCH3 is 1. The van der Waals surface area contributed by atoms with Crippen molar-refractivity contribution >= 4 is 17.4 Å². The highest BCUT2D eigenvalue weighted by molar-refractivity contribution is 6.03. The molecule has 2 aromatic rings. The van der Waals surface area contributed by atoms with E-state index < -0.39 is 17.7 Å². The van der Waals surface area contributed by atoms with Gasteiger partial charge in [-0.05, 0) is 24.6 Å². The van der Waals surface area contributed by atoms with Crippen LogP contribution in [0.1, 0.15) is 29.7 Å². The lowest BCUT2D eigenvalue weighted by atomic mass is 9.89. The Kier molecular flexibility index (Phi) is 3.01. The van der Waals surface area contributed by atoms with Gasteiger partial charge < -0.3 is 15.0 Å². The summed E-state index contributed by atoms with van der Waals surface area (Å²) in [6.45, 7) is 1.73. The van der Waals surface area contributed by atoms with Crippen LogP contribution in [0.3, 0.4) is 0 Å². The molecule has 1 aromatic heterocycles. The predicted molar refractivity (Wildman–Crippen MR) is 73.8 cm³/mol. The van der Waals surface area contributed by atoms with Crippen LogP contribution in [0.15, 0.2) is 34.4 Å². The highest BCUT2D eigenvalue weighted by Crippen LogP contribution is 2.48. The fourth-order valence-electron chi connectivity index (χ4n) is 2.74. The van der Waals surface area contributed by atoms with Gasteiger partial charge in [0.2, 0.25) is 0 Å². The molecule has 0 bridgehead atoms. The second kappa shape index (κ2) is 4.73. The predicted octanol–water partition coefficient (Wildman–Crippen LogP) is 2.49. The minimum Gasteiger partial charge on any atom is -0.466 e. The summed E-state index contributed by atoms with van der Waals surface area (Å²) >= 11 is 0. The number of carbonyl (C=O) groups is 1. The van der Waals surface area contributed by atoms with Crippen LogP contribution in [0.4, 0.5) is 10.2 Å². The number of nitrogens with zero attached hydrogens (tertiary/aromatic N) is 1. The molecule has 1 aromatic carbocycles. The number of nitrogen functional groups attached to an aromatic ring is 1. The maximum atomic E-state index is 13.5. The average molecular weight is 288 g/mol. The van der Waals surface area contributed by atoms with E-state index in [-0.39, 0.29) is 5.82 Å². The summed E-state index contributed by atoms with van der Waals surface area (Å²) in [5.74, 6) is -0.778. The molecule has 2 N–H and O–H groups in total. The van der Waals surface area contributed by atoms with E-state index in [4.69, 9.17) is 15.0 Å². The molecule has 0 saturated carbocycles. The molecule has 1 aliphatic rings. The molecule has 108 valence electrons. The number of anilines is 1. The molecular weight excluding hydrogens is 275 g/mol. The number of ether oxygens (including phenoxy) is 1. The monoisotopic (exact) mass is 288 g/mol. The van der Waals surface area contributed by atoms with E-state index in [1.165, 1.54) is 19.2 Å². The normalized spacial score (nSPS) is 17.0. The summed E-state index contributed by atoms with van der Waals surface area (Å²) in [6.07, 6.45) is 0. The average Bonchev–Trinajstić information content (AvgIpc) is 2.98. The Labute approximate surface area is 120 Å². The number of benzene rings is 1. The molecule has 6 heteroatoms. The Bertz CT molecular complexity index is 764. The van der Waals surface area contributed by atoms with Crippen molar-refractivity contribution in [3.63, 3.8) is 0 Å². The number of nitrogens with two attached hydrogens (primary N) is 1. The van der Waals surface area contributed by atoms with Crippen molar-refractivity contribution in [3.8, 4) is 0 Å². The topological polar surface area (TPSA) is 78.3 Å². The lowest BCUT2D eigenvalue weighted by molar-refractivity contribution is -0.136. The molecule has 0 amide bonds. The zero-order chi connectivity index (χ0) is 15.1. The van der Waals surface area contributed by atoms with E-state index >= 15 is 0 Å². The molecule has 0 aliphatic heterocycles. The Morgan fingerprint density at radius 3 is 2.90 bits per heavy atom. The maximum absolute atomic E-state index is 13.5. The minimum absolute atomic E-state index is 0.192. The number of rotatable bonds is 2. The van der Waals surface area contributed by atoms with Crippen LogP contribution in [0.2, 0.25) is 0 Å². The fourth-order valence-corrected chi connectivity index (χ4v) is 2.74. The Morgan fingerprint density at radius 1 is 1.48 bits per heavy atom. The molecule has 3 rings (SSSR count). The van der Waals surface area contributed by atoms with Gasteiger partial charge in [-0.25, -0.2) is 9.18 Å². The van der Waals surface area contributed by atoms with Crippen LogP contribution in [-0.2, 0) is 9.53 Å². The van der Waals surface area contributed by atoms with Crippen molar-refractivity contribution < 1.29 is 18.4 Å². The van der Waals surface area contributed by atoms with E-state index in [0.717, 1.165) is 0 Å². The summed E-state index contributed by atoms with van der Waals surface area (Å²) < 4.78 is 23.6. The first kappa shape index (κ1) is 13.4. The number of hydrogen-bond donors (Lipinski definition) is 1. The van der Waals surface area contributed by atoms with Crippen LogP contribution in [0.25, 0.3) is 5.57 Å². The summed E-state index contributed by atoms with van der Waals surface area (Å²) in [7, 11) is 1.30. The van der Waals surface area contributed by atoms with Crippen molar-refractivity contribution in [2.24, 2.45) is 0 Å². The SMILES string of the molecule is COC(=O)C1=C(C)c2onc(N)c2[C@@H]1c1cccc(F)c1. The van der Waals surface area contributed by atoms with Gasteiger partial charge in [0.1, 0.15) is 5.82 Å². The van der Waals surface area contributed by atoms with Crippen molar-refractivity contribution in [2.45, 2.75) is 12.8 Å². The van der Waals surface area contributed by atoms with Crippen molar-refractivity contribution in [1.82, 2.24) is 5.16 Å². The standard InChI is InChI=1S/C15H13FN2O3/c1-7-10(15(19)20-2)11(8-4-3-5-9(16)6-8)12-13(7)21-18-14(12)17/h3-6,11H,1-2H3,(H2,17,18)/t11-/m1/s1. The third kappa shape index (κ3) is 1.91. The smallest absolute Gasteiger partial charge is 0.335 e. The van der Waals surface area contributed by atoms with Gasteiger partial charge in [0.05, 0.1) is 18.2 Å². The second-order valence-corrected chi connectivity index (χ2v) is 4.83. The Balaban J connectivity index is 2.24. The molecule has 0 spiro atoms. The largest absolute Gasteiger partial charge is 0.466 e. The van der Waals surface area contributed by atoms with Crippen LogP contribution < -0.4 is 5.73 Å². The van der Waals surface area contributed by atoms with Crippen molar-refractivity contribution in [1.29, 1.82) is 0 Å². The van der Waals surface area contributed by atoms with Gasteiger partial charge in [-0.1, -0.05) is 17.3 Å². The lowest BCUT2D eigenvalue weighted by Gasteiger charge is -2.15. The summed E-state index contributed by atoms with van der Waals surface area (Å²) in [5.41, 5.74) is 8.03. The quantitative estimate of drug-likeness (QED) is 0.859. The molecule has 5 nitrogen and oxygen atoms in total. The fraction of sp³-hybridized carbons (Fsp3) is 0.200. The van der Waals surface area contributed by atoms with E-state index in [9.17, 15) is 9.18 Å². The molecule has 1 heterocycles. The first-order chi connectivity index (χ1) is 10.0. The highest BCUT2D eigenvalue weighted by Gasteiger charge is 2.40. The van der Waals surface area contributed by atoms with Crippen LogP contribution >= 0.6 is 0 Å². The summed E-state index contributed by atoms with van der Waals surface area (Å²) in [4.78, 5) is 12.1. The molecule has 0 fully saturated rings. The summed E-state index contributed by atoms with van der Waals surface area (Å²) in [5, 5.41) is 3.73. The summed E-state index contributed by atoms with van der Waals surface area (Å²) in [6, 6.07) is 6.01. The van der Waals surface area contributed by atoms with E-state index in [0.29, 0.717) is 28.0 Å². The number of allylic oxidation sites excluding steroid dienone is 1. The van der Waals surface area contributed by atoms with Gasteiger partial charge in [-0.3, -0.25) is 0 Å². The molecular formula is C15H13FN2O3. The zero-order valence-corrected chi connectivity index (χ0v) is 11.5. The number of fused-ring (bicyclic) bond motifs is 1.